The molecule has 0 saturated heterocycles. The molecule has 4 heteroatoms. The maximum atomic E-state index is 5.91. The first kappa shape index (κ1) is 15.3. The molecule has 0 bridgehead atoms. The van der Waals surface area contributed by atoms with Gasteiger partial charge in [0.2, 0.25) is 0 Å². The summed E-state index contributed by atoms with van der Waals surface area (Å²) in [4.78, 5) is 6.87. The van der Waals surface area contributed by atoms with Crippen molar-refractivity contribution in [3.8, 4) is 0 Å². The first-order chi connectivity index (χ1) is 10.7. The molecule has 0 aliphatic heterocycles. The van der Waals surface area contributed by atoms with Gasteiger partial charge in [-0.1, -0.05) is 35.5 Å². The van der Waals surface area contributed by atoms with Gasteiger partial charge in [0.1, 0.15) is 0 Å². The van der Waals surface area contributed by atoms with Crippen molar-refractivity contribution in [3.63, 3.8) is 0 Å². The largest absolute Gasteiger partial charge is 0.255 e. The van der Waals surface area contributed by atoms with E-state index in [1.807, 2.05) is 42.6 Å². The van der Waals surface area contributed by atoms with Crippen LogP contribution in [0.15, 0.2) is 74.8 Å². The normalized spacial score (nSPS) is 11.2. The second kappa shape index (κ2) is 7.14. The minimum absolute atomic E-state index is 0.765. The van der Waals surface area contributed by atoms with Gasteiger partial charge < -0.3 is 0 Å². The van der Waals surface area contributed by atoms with Gasteiger partial charge in [-0.3, -0.25) is 4.99 Å². The molecular formula is C18H14ClNS2. The van der Waals surface area contributed by atoms with Gasteiger partial charge in [0.05, 0.1) is 9.90 Å². The van der Waals surface area contributed by atoms with E-state index in [-0.39, 0.29) is 0 Å². The van der Waals surface area contributed by atoms with Gasteiger partial charge in [0.25, 0.3) is 0 Å². The summed E-state index contributed by atoms with van der Waals surface area (Å²) in [6, 6.07) is 20.3. The molecule has 3 rings (SSSR count). The minimum atomic E-state index is 0.765. The number of halogens is 1. The number of thiophene rings is 1. The summed E-state index contributed by atoms with van der Waals surface area (Å²) in [6.45, 7) is 2.07. The Morgan fingerprint density at radius 1 is 1.05 bits per heavy atom. The Morgan fingerprint density at radius 2 is 1.86 bits per heavy atom. The highest BCUT2D eigenvalue weighted by molar-refractivity contribution is 8.01. The molecule has 0 fully saturated rings. The van der Waals surface area contributed by atoms with E-state index in [0.717, 1.165) is 15.6 Å². The molecule has 22 heavy (non-hydrogen) atoms. The summed E-state index contributed by atoms with van der Waals surface area (Å²) >= 11 is 9.38. The van der Waals surface area contributed by atoms with Crippen molar-refractivity contribution >= 4 is 46.6 Å². The zero-order valence-electron chi connectivity index (χ0n) is 12.0. The summed E-state index contributed by atoms with van der Waals surface area (Å²) in [5.41, 5.74) is 2.21. The van der Waals surface area contributed by atoms with E-state index in [2.05, 4.69) is 36.2 Å². The predicted octanol–water partition coefficient (Wildman–Crippen LogP) is 6.61. The average molecular weight is 344 g/mol. The number of benzene rings is 2. The third kappa shape index (κ3) is 4.23. The highest BCUT2D eigenvalue weighted by Gasteiger charge is 2.01. The molecule has 3 aromatic rings. The maximum Gasteiger partial charge on any atom is 0.0653 e. The van der Waals surface area contributed by atoms with Crippen molar-refractivity contribution in [1.29, 1.82) is 0 Å². The van der Waals surface area contributed by atoms with E-state index in [0.29, 0.717) is 0 Å². The molecule has 0 spiro atoms. The van der Waals surface area contributed by atoms with Gasteiger partial charge >= 0.3 is 0 Å². The summed E-state index contributed by atoms with van der Waals surface area (Å²) in [7, 11) is 0. The smallest absolute Gasteiger partial charge is 0.0653 e. The van der Waals surface area contributed by atoms with Crippen LogP contribution in [0.25, 0.3) is 0 Å². The van der Waals surface area contributed by atoms with Gasteiger partial charge in [0.15, 0.2) is 0 Å². The van der Waals surface area contributed by atoms with Crippen LogP contribution in [0, 0.1) is 6.92 Å². The molecule has 0 N–H and O–H groups in total. The van der Waals surface area contributed by atoms with Crippen LogP contribution in [0.1, 0.15) is 10.4 Å². The molecule has 0 amide bonds. The lowest BCUT2D eigenvalue weighted by Gasteiger charge is -1.97. The van der Waals surface area contributed by atoms with Crippen LogP contribution in [0.4, 0.5) is 5.69 Å². The fourth-order valence-corrected chi connectivity index (χ4v) is 4.04. The standard InChI is InChI=1S/C18H14ClNS2/c1-13-3-2-4-15(11-13)20-12-17-9-10-18(22-17)21-16-7-5-14(19)6-8-16/h2-12H,1H3. The van der Waals surface area contributed by atoms with Crippen molar-refractivity contribution in [2.24, 2.45) is 4.99 Å². The summed E-state index contributed by atoms with van der Waals surface area (Å²) in [5, 5.41) is 0.765. The van der Waals surface area contributed by atoms with E-state index in [4.69, 9.17) is 11.6 Å². The van der Waals surface area contributed by atoms with E-state index in [9.17, 15) is 0 Å². The third-order valence-corrected chi connectivity index (χ3v) is 5.39. The molecule has 0 atom stereocenters. The molecule has 0 radical (unpaired) electrons. The lowest BCUT2D eigenvalue weighted by Crippen LogP contribution is -1.73. The van der Waals surface area contributed by atoms with Crippen LogP contribution in [-0.2, 0) is 0 Å². The summed E-state index contributed by atoms with van der Waals surface area (Å²) in [5.74, 6) is 0. The lowest BCUT2D eigenvalue weighted by atomic mass is 10.2. The molecule has 0 unspecified atom stereocenters. The molecule has 0 aliphatic rings. The van der Waals surface area contributed by atoms with E-state index in [1.165, 1.54) is 14.7 Å². The van der Waals surface area contributed by atoms with Gasteiger partial charge in [-0.2, -0.15) is 0 Å². The van der Waals surface area contributed by atoms with E-state index in [1.54, 1.807) is 23.1 Å². The Kier molecular flexibility index (Phi) is 4.98. The van der Waals surface area contributed by atoms with Crippen molar-refractivity contribution < 1.29 is 0 Å². The number of rotatable bonds is 4. The van der Waals surface area contributed by atoms with Crippen LogP contribution in [-0.4, -0.2) is 6.21 Å². The molecule has 110 valence electrons. The number of aryl methyl sites for hydroxylation is 1. The van der Waals surface area contributed by atoms with Crippen LogP contribution in [0.5, 0.6) is 0 Å². The van der Waals surface area contributed by atoms with Crippen molar-refractivity contribution in [1.82, 2.24) is 0 Å². The van der Waals surface area contributed by atoms with E-state index >= 15 is 0 Å². The minimum Gasteiger partial charge on any atom is -0.255 e. The maximum absolute atomic E-state index is 5.91. The molecule has 1 aromatic heterocycles. The molecule has 1 nitrogen and oxygen atoms in total. The van der Waals surface area contributed by atoms with Gasteiger partial charge in [0, 0.05) is 21.0 Å². The Balaban J connectivity index is 1.69. The van der Waals surface area contributed by atoms with Gasteiger partial charge in [-0.25, -0.2) is 0 Å². The molecule has 1 heterocycles. The monoisotopic (exact) mass is 343 g/mol. The highest BCUT2D eigenvalue weighted by Crippen LogP contribution is 2.33. The molecule has 2 aromatic carbocycles. The molecular weight excluding hydrogens is 330 g/mol. The van der Waals surface area contributed by atoms with Gasteiger partial charge in [-0.15, -0.1) is 11.3 Å². The van der Waals surface area contributed by atoms with E-state index < -0.39 is 0 Å². The Hall–Kier alpha value is -1.55. The number of nitrogens with zero attached hydrogens (tertiary/aromatic N) is 1. The molecule has 0 aliphatic carbocycles. The fraction of sp³-hybridized carbons (Fsp3) is 0.0556. The van der Waals surface area contributed by atoms with Crippen LogP contribution in [0.3, 0.4) is 0 Å². The highest BCUT2D eigenvalue weighted by atomic mass is 35.5. The third-order valence-electron chi connectivity index (χ3n) is 2.98. The Labute approximate surface area is 143 Å². The van der Waals surface area contributed by atoms with Crippen molar-refractivity contribution in [3.05, 3.63) is 76.1 Å². The van der Waals surface area contributed by atoms with Crippen LogP contribution < -0.4 is 0 Å². The topological polar surface area (TPSA) is 12.4 Å². The lowest BCUT2D eigenvalue weighted by molar-refractivity contribution is 1.43. The fourth-order valence-electron chi connectivity index (χ4n) is 1.92. The number of aliphatic imine (C=N–C) groups is 1. The number of hydrogen-bond acceptors (Lipinski definition) is 3. The average Bonchev–Trinajstić information content (AvgIpc) is 2.95. The Morgan fingerprint density at radius 3 is 2.64 bits per heavy atom. The van der Waals surface area contributed by atoms with Gasteiger partial charge in [-0.05, 0) is 61.0 Å². The first-order valence-corrected chi connectivity index (χ1v) is 8.84. The van der Waals surface area contributed by atoms with Crippen LogP contribution >= 0.6 is 34.7 Å². The van der Waals surface area contributed by atoms with Crippen LogP contribution in [0.2, 0.25) is 5.02 Å². The second-order valence-corrected chi connectivity index (χ2v) is 7.74. The Bertz CT molecular complexity index is 791. The van der Waals surface area contributed by atoms with Crippen molar-refractivity contribution in [2.45, 2.75) is 16.0 Å². The number of hydrogen-bond donors (Lipinski definition) is 0. The summed E-state index contributed by atoms with van der Waals surface area (Å²) < 4.78 is 1.24. The first-order valence-electron chi connectivity index (χ1n) is 6.83. The second-order valence-electron chi connectivity index (χ2n) is 4.81. The quantitative estimate of drug-likeness (QED) is 0.485. The predicted molar refractivity (Wildman–Crippen MR) is 98.3 cm³/mol. The zero-order chi connectivity index (χ0) is 15.4. The SMILES string of the molecule is Cc1cccc(N=Cc2ccc(Sc3ccc(Cl)cc3)s2)c1. The summed E-state index contributed by atoms with van der Waals surface area (Å²) in [6.07, 6.45) is 1.92. The molecule has 0 saturated carbocycles. The van der Waals surface area contributed by atoms with Crippen molar-refractivity contribution in [2.75, 3.05) is 0 Å². The zero-order valence-corrected chi connectivity index (χ0v) is 14.4.